The number of benzene rings is 1. The molecule has 18 heavy (non-hydrogen) atoms. The average molecular weight is 264 g/mol. The molecule has 0 spiro atoms. The van der Waals surface area contributed by atoms with Crippen molar-refractivity contribution in [3.8, 4) is 0 Å². The van der Waals surface area contributed by atoms with Crippen LogP contribution in [0.5, 0.6) is 0 Å². The first kappa shape index (κ1) is 13.6. The summed E-state index contributed by atoms with van der Waals surface area (Å²) in [6, 6.07) is 10.1. The van der Waals surface area contributed by atoms with Gasteiger partial charge in [-0.25, -0.2) is 0 Å². The first-order chi connectivity index (χ1) is 8.66. The lowest BCUT2D eigenvalue weighted by molar-refractivity contribution is -0.121. The maximum atomic E-state index is 11.6. The maximum Gasteiger partial charge on any atom is 0.135 e. The Kier molecular flexibility index (Phi) is 4.46. The summed E-state index contributed by atoms with van der Waals surface area (Å²) in [5, 5.41) is 10.3. The largest absolute Gasteiger partial charge is 0.391 e. The molecule has 1 N–H and O–H groups in total. The maximum absolute atomic E-state index is 11.6. The molecule has 0 unspecified atom stereocenters. The average Bonchev–Trinajstić information content (AvgIpc) is 3.11. The van der Waals surface area contributed by atoms with Crippen LogP contribution in [0.1, 0.15) is 39.0 Å². The number of Topliss-reactive ketones (excluding diaryl/α,β-unsaturated/α-hetero) is 1. The summed E-state index contributed by atoms with van der Waals surface area (Å²) in [6.45, 7) is 2.00. The van der Waals surface area contributed by atoms with Crippen LogP contribution in [0.15, 0.2) is 35.2 Å². The fourth-order valence-electron chi connectivity index (χ4n) is 2.13. The molecule has 1 aliphatic rings. The number of aliphatic hydroxyl groups excluding tert-OH is 1. The van der Waals surface area contributed by atoms with Crippen molar-refractivity contribution in [1.82, 2.24) is 0 Å². The molecule has 0 bridgehead atoms. The zero-order chi connectivity index (χ0) is 13.0. The molecule has 1 aromatic carbocycles. The van der Waals surface area contributed by atoms with Crippen molar-refractivity contribution in [3.05, 3.63) is 30.3 Å². The number of hydrogen-bond donors (Lipinski definition) is 1. The monoisotopic (exact) mass is 264 g/mol. The normalized spacial score (nSPS) is 18.3. The number of thioether (sulfide) groups is 1. The Morgan fingerprint density at radius 1 is 1.39 bits per heavy atom. The number of hydrogen-bond acceptors (Lipinski definition) is 3. The Morgan fingerprint density at radius 3 is 2.61 bits per heavy atom. The highest BCUT2D eigenvalue weighted by atomic mass is 32.2. The van der Waals surface area contributed by atoms with E-state index in [1.807, 2.05) is 25.1 Å². The Balaban J connectivity index is 1.93. The molecule has 1 saturated carbocycles. The van der Waals surface area contributed by atoms with E-state index in [1.54, 1.807) is 11.8 Å². The van der Waals surface area contributed by atoms with Gasteiger partial charge in [0.2, 0.25) is 0 Å². The molecule has 1 aliphatic carbocycles. The van der Waals surface area contributed by atoms with E-state index in [0.717, 1.165) is 19.3 Å². The minimum atomic E-state index is -0.498. The van der Waals surface area contributed by atoms with Crippen LogP contribution in [-0.2, 0) is 4.79 Å². The van der Waals surface area contributed by atoms with Crippen molar-refractivity contribution in [2.45, 2.75) is 54.8 Å². The van der Waals surface area contributed by atoms with Crippen LogP contribution in [0.4, 0.5) is 0 Å². The highest BCUT2D eigenvalue weighted by Gasteiger charge is 2.50. The Hall–Kier alpha value is -0.800. The van der Waals surface area contributed by atoms with Gasteiger partial charge in [0, 0.05) is 22.5 Å². The van der Waals surface area contributed by atoms with Gasteiger partial charge in [-0.2, -0.15) is 0 Å². The van der Waals surface area contributed by atoms with E-state index in [4.69, 9.17) is 0 Å². The summed E-state index contributed by atoms with van der Waals surface area (Å²) in [6.07, 6.45) is 3.28. The third-order valence-electron chi connectivity index (χ3n) is 3.36. The van der Waals surface area contributed by atoms with Gasteiger partial charge in [0.1, 0.15) is 5.78 Å². The van der Waals surface area contributed by atoms with Crippen molar-refractivity contribution in [1.29, 1.82) is 0 Å². The lowest BCUT2D eigenvalue weighted by Gasteiger charge is -2.21. The highest BCUT2D eigenvalue weighted by molar-refractivity contribution is 8.01. The molecule has 98 valence electrons. The first-order valence-electron chi connectivity index (χ1n) is 6.60. The van der Waals surface area contributed by atoms with Gasteiger partial charge in [-0.1, -0.05) is 25.1 Å². The van der Waals surface area contributed by atoms with Crippen LogP contribution in [-0.4, -0.2) is 21.7 Å². The molecule has 1 fully saturated rings. The number of ketones is 1. The van der Waals surface area contributed by atoms with Crippen molar-refractivity contribution in [2.75, 3.05) is 0 Å². The van der Waals surface area contributed by atoms with Gasteiger partial charge >= 0.3 is 0 Å². The highest BCUT2D eigenvalue weighted by Crippen LogP contribution is 2.54. The SMILES string of the molecule is CCCC(=O)C[C@@H](O)C1(Sc2ccccc2)CC1. The van der Waals surface area contributed by atoms with E-state index < -0.39 is 6.10 Å². The summed E-state index contributed by atoms with van der Waals surface area (Å²) < 4.78 is -0.106. The molecule has 2 rings (SSSR count). The van der Waals surface area contributed by atoms with E-state index in [0.29, 0.717) is 12.8 Å². The van der Waals surface area contributed by atoms with Crippen LogP contribution in [0.3, 0.4) is 0 Å². The molecule has 0 aliphatic heterocycles. The van der Waals surface area contributed by atoms with E-state index in [1.165, 1.54) is 4.90 Å². The summed E-state index contributed by atoms with van der Waals surface area (Å²) in [5.41, 5.74) is 0. The number of carbonyl (C=O) groups excluding carboxylic acids is 1. The van der Waals surface area contributed by atoms with Crippen LogP contribution < -0.4 is 0 Å². The van der Waals surface area contributed by atoms with E-state index in [-0.39, 0.29) is 10.5 Å². The van der Waals surface area contributed by atoms with Crippen molar-refractivity contribution in [2.24, 2.45) is 0 Å². The zero-order valence-electron chi connectivity index (χ0n) is 10.8. The van der Waals surface area contributed by atoms with Crippen LogP contribution in [0.2, 0.25) is 0 Å². The lowest BCUT2D eigenvalue weighted by Crippen LogP contribution is -2.27. The van der Waals surface area contributed by atoms with Crippen molar-refractivity contribution < 1.29 is 9.90 Å². The molecular weight excluding hydrogens is 244 g/mol. The van der Waals surface area contributed by atoms with Crippen LogP contribution >= 0.6 is 11.8 Å². The van der Waals surface area contributed by atoms with Gasteiger partial charge in [0.15, 0.2) is 0 Å². The van der Waals surface area contributed by atoms with Crippen LogP contribution in [0, 0.1) is 0 Å². The van der Waals surface area contributed by atoms with Gasteiger partial charge in [0.25, 0.3) is 0 Å². The van der Waals surface area contributed by atoms with Gasteiger partial charge < -0.3 is 5.11 Å². The van der Waals surface area contributed by atoms with Crippen molar-refractivity contribution in [3.63, 3.8) is 0 Å². The summed E-state index contributed by atoms with van der Waals surface area (Å²) >= 11 is 1.72. The molecule has 0 aromatic heterocycles. The molecule has 3 heteroatoms. The standard InChI is InChI=1S/C15H20O2S/c1-2-6-12(16)11-14(17)15(9-10-15)18-13-7-4-3-5-8-13/h3-5,7-8,14,17H,2,6,9-11H2,1H3/t14-/m1/s1. The summed E-state index contributed by atoms with van der Waals surface area (Å²) in [7, 11) is 0. The first-order valence-corrected chi connectivity index (χ1v) is 7.42. The molecule has 2 nitrogen and oxygen atoms in total. The second-order valence-corrected chi connectivity index (χ2v) is 6.48. The fraction of sp³-hybridized carbons (Fsp3) is 0.533. The zero-order valence-corrected chi connectivity index (χ0v) is 11.6. The lowest BCUT2D eigenvalue weighted by atomic mass is 10.1. The molecule has 0 amide bonds. The third kappa shape index (κ3) is 3.36. The summed E-state index contributed by atoms with van der Waals surface area (Å²) in [4.78, 5) is 12.8. The number of rotatable bonds is 7. The van der Waals surface area contributed by atoms with Gasteiger partial charge in [-0.3, -0.25) is 4.79 Å². The van der Waals surface area contributed by atoms with Gasteiger partial charge in [-0.05, 0) is 31.4 Å². The van der Waals surface area contributed by atoms with E-state index in [2.05, 4.69) is 12.1 Å². The second-order valence-electron chi connectivity index (χ2n) is 4.99. The Bertz CT molecular complexity index is 398. The minimum absolute atomic E-state index is 0.106. The number of aliphatic hydroxyl groups is 1. The molecule has 1 atom stereocenters. The number of carbonyl (C=O) groups is 1. The Morgan fingerprint density at radius 2 is 2.06 bits per heavy atom. The smallest absolute Gasteiger partial charge is 0.135 e. The quantitative estimate of drug-likeness (QED) is 0.819. The van der Waals surface area contributed by atoms with Crippen LogP contribution in [0.25, 0.3) is 0 Å². The molecule has 1 aromatic rings. The predicted molar refractivity (Wildman–Crippen MR) is 74.8 cm³/mol. The van der Waals surface area contributed by atoms with E-state index >= 15 is 0 Å². The third-order valence-corrected chi connectivity index (χ3v) is 4.96. The molecular formula is C15H20O2S. The summed E-state index contributed by atoms with van der Waals surface area (Å²) in [5.74, 6) is 0.185. The Labute approximate surface area is 113 Å². The van der Waals surface area contributed by atoms with Gasteiger partial charge in [0.05, 0.1) is 6.10 Å². The minimum Gasteiger partial charge on any atom is -0.391 e. The topological polar surface area (TPSA) is 37.3 Å². The molecule has 0 heterocycles. The van der Waals surface area contributed by atoms with Gasteiger partial charge in [-0.15, -0.1) is 11.8 Å². The second kappa shape index (κ2) is 5.89. The fourth-order valence-corrected chi connectivity index (χ4v) is 3.42. The molecule has 0 saturated heterocycles. The van der Waals surface area contributed by atoms with E-state index in [9.17, 15) is 9.90 Å². The van der Waals surface area contributed by atoms with Crippen molar-refractivity contribution >= 4 is 17.5 Å². The predicted octanol–water partition coefficient (Wildman–Crippen LogP) is 3.43. The molecule has 0 radical (unpaired) electrons.